The van der Waals surface area contributed by atoms with E-state index in [-0.39, 0.29) is 5.91 Å². The van der Waals surface area contributed by atoms with E-state index in [9.17, 15) is 4.79 Å². The van der Waals surface area contributed by atoms with Crippen molar-refractivity contribution >= 4 is 22.5 Å². The van der Waals surface area contributed by atoms with Crippen molar-refractivity contribution in [3.05, 3.63) is 54.1 Å². The second-order valence-corrected chi connectivity index (χ2v) is 6.34. The number of rotatable bonds is 7. The van der Waals surface area contributed by atoms with E-state index < -0.39 is 0 Å². The average molecular weight is 348 g/mol. The van der Waals surface area contributed by atoms with Gasteiger partial charge in [-0.2, -0.15) is 0 Å². The number of fused-ring (bicyclic) bond motifs is 1. The van der Waals surface area contributed by atoms with Gasteiger partial charge < -0.3 is 10.6 Å². The fraction of sp³-hybridized carbons (Fsp3) is 0.286. The maximum Gasteiger partial charge on any atom is 0.220 e. The first kappa shape index (κ1) is 17.9. The minimum Gasteiger partial charge on any atom is -0.366 e. The van der Waals surface area contributed by atoms with E-state index in [2.05, 4.69) is 58.1 Å². The summed E-state index contributed by atoms with van der Waals surface area (Å²) in [6.07, 6.45) is 1.42. The summed E-state index contributed by atoms with van der Waals surface area (Å²) in [6, 6.07) is 16.4. The van der Waals surface area contributed by atoms with Gasteiger partial charge in [-0.25, -0.2) is 0 Å². The van der Waals surface area contributed by atoms with Crippen LogP contribution in [0.1, 0.15) is 25.3 Å². The molecule has 0 radical (unpaired) electrons. The summed E-state index contributed by atoms with van der Waals surface area (Å²) in [5.41, 5.74) is 3.15. The molecule has 0 fully saturated rings. The van der Waals surface area contributed by atoms with Gasteiger partial charge in [0.2, 0.25) is 5.91 Å². The van der Waals surface area contributed by atoms with Crippen LogP contribution in [0.3, 0.4) is 0 Å². The van der Waals surface area contributed by atoms with Crippen LogP contribution in [-0.4, -0.2) is 29.2 Å². The van der Waals surface area contributed by atoms with E-state index in [4.69, 9.17) is 0 Å². The van der Waals surface area contributed by atoms with Crippen LogP contribution in [0.5, 0.6) is 0 Å². The monoisotopic (exact) mass is 348 g/mol. The summed E-state index contributed by atoms with van der Waals surface area (Å²) >= 11 is 0. The molecule has 134 valence electrons. The standard InChI is InChI=1S/C21H24N4O/c1-3-6-19(26)22-13-14-23-21-18-8-5-4-7-17(18)20(24-25-21)16-11-9-15(2)10-12-16/h4-5,7-12H,3,6,13-14H2,1-2H3,(H,22,26)(H,23,25). The molecule has 3 rings (SSSR count). The van der Waals surface area contributed by atoms with Gasteiger partial charge in [0.05, 0.1) is 0 Å². The van der Waals surface area contributed by atoms with Gasteiger partial charge in [0, 0.05) is 35.8 Å². The van der Waals surface area contributed by atoms with Crippen molar-refractivity contribution in [2.75, 3.05) is 18.4 Å². The largest absolute Gasteiger partial charge is 0.366 e. The Kier molecular flexibility index (Phi) is 5.79. The lowest BCUT2D eigenvalue weighted by Crippen LogP contribution is -2.28. The molecule has 0 saturated heterocycles. The summed E-state index contributed by atoms with van der Waals surface area (Å²) in [5.74, 6) is 0.821. The molecule has 0 aliphatic carbocycles. The fourth-order valence-electron chi connectivity index (χ4n) is 2.86. The van der Waals surface area contributed by atoms with Crippen molar-refractivity contribution in [1.82, 2.24) is 15.5 Å². The highest BCUT2D eigenvalue weighted by Crippen LogP contribution is 2.29. The van der Waals surface area contributed by atoms with Crippen molar-refractivity contribution in [3.63, 3.8) is 0 Å². The molecule has 0 saturated carbocycles. The average Bonchev–Trinajstić information content (AvgIpc) is 2.66. The van der Waals surface area contributed by atoms with Crippen LogP contribution in [0.25, 0.3) is 22.0 Å². The molecule has 0 spiro atoms. The lowest BCUT2D eigenvalue weighted by Gasteiger charge is -2.11. The van der Waals surface area contributed by atoms with E-state index in [0.717, 1.165) is 34.3 Å². The Labute approximate surface area is 153 Å². The van der Waals surface area contributed by atoms with Crippen LogP contribution in [0.4, 0.5) is 5.82 Å². The molecule has 26 heavy (non-hydrogen) atoms. The third-order valence-electron chi connectivity index (χ3n) is 4.23. The molecule has 3 aromatic rings. The number of carbonyl (C=O) groups is 1. The Balaban J connectivity index is 1.79. The maximum atomic E-state index is 11.5. The van der Waals surface area contributed by atoms with Crippen LogP contribution in [0, 0.1) is 6.92 Å². The zero-order valence-corrected chi connectivity index (χ0v) is 15.2. The highest BCUT2D eigenvalue weighted by molar-refractivity contribution is 6.00. The summed E-state index contributed by atoms with van der Waals surface area (Å²) < 4.78 is 0. The molecule has 0 aliphatic heterocycles. The van der Waals surface area contributed by atoms with Crippen LogP contribution in [0.15, 0.2) is 48.5 Å². The molecule has 0 bridgehead atoms. The number of hydrogen-bond acceptors (Lipinski definition) is 4. The molecule has 1 aromatic heterocycles. The minimum absolute atomic E-state index is 0.0833. The third-order valence-corrected chi connectivity index (χ3v) is 4.23. The lowest BCUT2D eigenvalue weighted by atomic mass is 10.0. The minimum atomic E-state index is 0.0833. The Morgan fingerprint density at radius 3 is 2.42 bits per heavy atom. The molecule has 2 aromatic carbocycles. The van der Waals surface area contributed by atoms with E-state index in [1.807, 2.05) is 25.1 Å². The van der Waals surface area contributed by atoms with Crippen LogP contribution >= 0.6 is 0 Å². The van der Waals surface area contributed by atoms with E-state index in [1.165, 1.54) is 5.56 Å². The summed E-state index contributed by atoms with van der Waals surface area (Å²) in [7, 11) is 0. The highest BCUT2D eigenvalue weighted by Gasteiger charge is 2.10. The first-order valence-corrected chi connectivity index (χ1v) is 9.02. The van der Waals surface area contributed by atoms with Gasteiger partial charge >= 0.3 is 0 Å². The molecule has 1 amide bonds. The van der Waals surface area contributed by atoms with Crippen LogP contribution in [-0.2, 0) is 4.79 Å². The Bertz CT molecular complexity index is 890. The number of benzene rings is 2. The van der Waals surface area contributed by atoms with Crippen LogP contribution < -0.4 is 10.6 Å². The number of amides is 1. The highest BCUT2D eigenvalue weighted by atomic mass is 16.1. The first-order valence-electron chi connectivity index (χ1n) is 9.02. The molecular formula is C21H24N4O. The predicted molar refractivity (Wildman–Crippen MR) is 106 cm³/mol. The number of hydrogen-bond donors (Lipinski definition) is 2. The van der Waals surface area contributed by atoms with E-state index >= 15 is 0 Å². The SMILES string of the molecule is CCCC(=O)NCCNc1nnc(-c2ccc(C)cc2)c2ccccc12. The molecule has 0 aliphatic rings. The lowest BCUT2D eigenvalue weighted by molar-refractivity contribution is -0.121. The predicted octanol–water partition coefficient (Wildman–Crippen LogP) is 3.93. The summed E-state index contributed by atoms with van der Waals surface area (Å²) in [6.45, 7) is 5.24. The Morgan fingerprint density at radius 2 is 1.69 bits per heavy atom. The Hall–Kier alpha value is -2.95. The normalized spacial score (nSPS) is 10.7. The van der Waals surface area contributed by atoms with E-state index in [1.54, 1.807) is 0 Å². The molecule has 5 heteroatoms. The second-order valence-electron chi connectivity index (χ2n) is 6.34. The molecule has 1 heterocycles. The third kappa shape index (κ3) is 4.17. The van der Waals surface area contributed by atoms with Gasteiger partial charge in [0.25, 0.3) is 0 Å². The quantitative estimate of drug-likeness (QED) is 0.635. The maximum absolute atomic E-state index is 11.5. The zero-order chi connectivity index (χ0) is 18.4. The van der Waals surface area contributed by atoms with Gasteiger partial charge in [-0.15, -0.1) is 10.2 Å². The molecular weight excluding hydrogens is 324 g/mol. The van der Waals surface area contributed by atoms with Crippen molar-refractivity contribution in [3.8, 4) is 11.3 Å². The number of carbonyl (C=O) groups excluding carboxylic acids is 1. The van der Waals surface area contributed by atoms with Gasteiger partial charge in [-0.1, -0.05) is 61.0 Å². The topological polar surface area (TPSA) is 66.9 Å². The smallest absolute Gasteiger partial charge is 0.220 e. The van der Waals surface area contributed by atoms with Crippen molar-refractivity contribution in [2.45, 2.75) is 26.7 Å². The van der Waals surface area contributed by atoms with Gasteiger partial charge in [-0.05, 0) is 13.3 Å². The van der Waals surface area contributed by atoms with Crippen molar-refractivity contribution < 1.29 is 4.79 Å². The molecule has 0 unspecified atom stereocenters. The number of nitrogens with zero attached hydrogens (tertiary/aromatic N) is 2. The number of aryl methyl sites for hydroxylation is 1. The summed E-state index contributed by atoms with van der Waals surface area (Å²) in [5, 5.41) is 17.1. The van der Waals surface area contributed by atoms with Crippen LogP contribution in [0.2, 0.25) is 0 Å². The number of aromatic nitrogens is 2. The van der Waals surface area contributed by atoms with Gasteiger partial charge in [0.15, 0.2) is 5.82 Å². The second kappa shape index (κ2) is 8.43. The van der Waals surface area contributed by atoms with Gasteiger partial charge in [0.1, 0.15) is 5.69 Å². The first-order chi connectivity index (χ1) is 12.7. The number of anilines is 1. The molecule has 5 nitrogen and oxygen atoms in total. The Morgan fingerprint density at radius 1 is 0.962 bits per heavy atom. The number of nitrogens with one attached hydrogen (secondary N) is 2. The molecule has 2 N–H and O–H groups in total. The fourth-order valence-corrected chi connectivity index (χ4v) is 2.86. The summed E-state index contributed by atoms with van der Waals surface area (Å²) in [4.78, 5) is 11.5. The van der Waals surface area contributed by atoms with Crippen molar-refractivity contribution in [2.24, 2.45) is 0 Å². The van der Waals surface area contributed by atoms with E-state index in [0.29, 0.717) is 19.5 Å². The van der Waals surface area contributed by atoms with Gasteiger partial charge in [-0.3, -0.25) is 4.79 Å². The zero-order valence-electron chi connectivity index (χ0n) is 15.2. The molecule has 0 atom stereocenters. The van der Waals surface area contributed by atoms with Crippen molar-refractivity contribution in [1.29, 1.82) is 0 Å².